The van der Waals surface area contributed by atoms with Crippen LogP contribution in [0.3, 0.4) is 0 Å². The third-order valence-corrected chi connectivity index (χ3v) is 10.7. The van der Waals surface area contributed by atoms with Gasteiger partial charge in [0.25, 0.3) is 5.91 Å². The zero-order valence-electron chi connectivity index (χ0n) is 21.7. The lowest BCUT2D eigenvalue weighted by atomic mass is 9.82. The molecule has 5 rings (SSSR count). The van der Waals surface area contributed by atoms with E-state index < -0.39 is 13.9 Å². The van der Waals surface area contributed by atoms with Crippen molar-refractivity contribution in [2.75, 3.05) is 23.4 Å². The van der Waals surface area contributed by atoms with Gasteiger partial charge >= 0.3 is 0 Å². The largest absolute Gasteiger partial charge is 0.432 e. The average molecular weight is 524 g/mol. The van der Waals surface area contributed by atoms with Crippen LogP contribution in [0.2, 0.25) is 18.6 Å². The Morgan fingerprint density at radius 1 is 1.22 bits per heavy atom. The number of benzene rings is 2. The van der Waals surface area contributed by atoms with Crippen molar-refractivity contribution in [2.24, 2.45) is 5.92 Å². The third-order valence-electron chi connectivity index (χ3n) is 8.24. The molecule has 0 aromatic heterocycles. The Labute approximate surface area is 219 Å². The Hall–Kier alpha value is -2.56. The van der Waals surface area contributed by atoms with Crippen molar-refractivity contribution in [1.29, 1.82) is 0 Å². The van der Waals surface area contributed by atoms with Crippen molar-refractivity contribution in [3.05, 3.63) is 59.7 Å². The maximum Gasteiger partial charge on any atom is 0.264 e. The van der Waals surface area contributed by atoms with Gasteiger partial charge in [0.05, 0.1) is 24.4 Å². The Morgan fingerprint density at radius 3 is 2.59 bits per heavy atom. The van der Waals surface area contributed by atoms with Gasteiger partial charge in [0, 0.05) is 29.3 Å². The minimum absolute atomic E-state index is 0.0226. The summed E-state index contributed by atoms with van der Waals surface area (Å²) in [5, 5.41) is 15.9. The van der Waals surface area contributed by atoms with Crippen LogP contribution in [0.1, 0.15) is 37.3 Å². The molecule has 0 unspecified atom stereocenters. The van der Waals surface area contributed by atoms with Gasteiger partial charge in [-0.05, 0) is 62.7 Å². The van der Waals surface area contributed by atoms with E-state index in [2.05, 4.69) is 10.6 Å². The predicted molar refractivity (Wildman–Crippen MR) is 145 cm³/mol. The van der Waals surface area contributed by atoms with Crippen LogP contribution >= 0.6 is 0 Å². The Balaban J connectivity index is 1.40. The number of hydrogen-bond acceptors (Lipinski definition) is 6. The van der Waals surface area contributed by atoms with Crippen LogP contribution in [0.4, 0.5) is 11.4 Å². The molecule has 3 aliphatic heterocycles. The lowest BCUT2D eigenvalue weighted by Crippen LogP contribution is -2.46. The lowest BCUT2D eigenvalue weighted by Gasteiger charge is -2.32. The molecule has 2 fully saturated rings. The first-order valence-electron chi connectivity index (χ1n) is 13.2. The van der Waals surface area contributed by atoms with Gasteiger partial charge in [-0.15, -0.1) is 0 Å². The number of rotatable bonds is 7. The molecule has 1 spiro atoms. The lowest BCUT2D eigenvalue weighted by molar-refractivity contribution is -0.146. The molecule has 37 heavy (non-hydrogen) atoms. The Morgan fingerprint density at radius 2 is 1.95 bits per heavy atom. The van der Waals surface area contributed by atoms with E-state index in [-0.39, 0.29) is 42.0 Å². The van der Waals surface area contributed by atoms with E-state index in [4.69, 9.17) is 4.74 Å². The molecule has 5 atom stereocenters. The number of carbonyl (C=O) groups excluding carboxylic acids is 2. The number of ether oxygens (including phenoxy) is 1. The van der Waals surface area contributed by atoms with Crippen molar-refractivity contribution in [3.8, 4) is 0 Å². The number of nitrogens with zero attached hydrogens (tertiary/aromatic N) is 1. The van der Waals surface area contributed by atoms with Crippen LogP contribution in [0.5, 0.6) is 0 Å². The number of para-hydroxylation sites is 1. The van der Waals surface area contributed by atoms with Crippen molar-refractivity contribution in [1.82, 2.24) is 5.32 Å². The molecular weight excluding hydrogens is 486 g/mol. The average Bonchev–Trinajstić information content (AvgIpc) is 3.55. The van der Waals surface area contributed by atoms with Gasteiger partial charge in [-0.3, -0.25) is 9.59 Å². The summed E-state index contributed by atoms with van der Waals surface area (Å²) < 4.78 is 6.59. The minimum Gasteiger partial charge on any atom is -0.432 e. The zero-order valence-corrected chi connectivity index (χ0v) is 22.7. The van der Waals surface area contributed by atoms with E-state index in [0.29, 0.717) is 13.0 Å². The van der Waals surface area contributed by atoms with Crippen LogP contribution in [-0.2, 0) is 26.5 Å². The number of hydrogen-bond donors (Lipinski definition) is 4. The SMILES string of the molecule is C[C@H]1[C@H]([Si](C)(C)O)[C@@H](CCO)O[C@]12C(=O)N(Cc1ccc(NC(=O)[C@H]3CCCN3)cc1)c1ccccc12. The molecule has 9 heteroatoms. The van der Waals surface area contributed by atoms with Gasteiger partial charge in [-0.25, -0.2) is 0 Å². The molecule has 2 saturated heterocycles. The maximum absolute atomic E-state index is 14.2. The summed E-state index contributed by atoms with van der Waals surface area (Å²) in [6, 6.07) is 15.2. The Bertz CT molecular complexity index is 1160. The molecule has 0 bridgehead atoms. The standard InChI is InChI=1S/C28H37N3O5Si/c1-18-25(37(2,3)35)24(14-16-32)36-28(18)21-7-4-5-9-23(21)31(27(28)34)17-19-10-12-20(13-11-19)30-26(33)22-8-6-15-29-22/h4-5,7,9-13,18,22,24-25,29,32,35H,6,8,14-17H2,1-3H3,(H,30,33)/t18-,22+,24+,25-,28+/m0/s1. The molecule has 0 saturated carbocycles. The van der Waals surface area contributed by atoms with E-state index in [1.807, 2.05) is 68.5 Å². The minimum atomic E-state index is -2.70. The quantitative estimate of drug-likeness (QED) is 0.415. The second kappa shape index (κ2) is 9.96. The predicted octanol–water partition coefficient (Wildman–Crippen LogP) is 3.10. The molecule has 0 radical (unpaired) electrons. The fraction of sp³-hybridized carbons (Fsp3) is 0.500. The summed E-state index contributed by atoms with van der Waals surface area (Å²) in [6.45, 7) is 6.93. The fourth-order valence-corrected chi connectivity index (χ4v) is 9.20. The van der Waals surface area contributed by atoms with Crippen molar-refractivity contribution < 1.29 is 24.2 Å². The summed E-state index contributed by atoms with van der Waals surface area (Å²) >= 11 is 0. The van der Waals surface area contributed by atoms with Gasteiger partial charge < -0.3 is 30.2 Å². The highest BCUT2D eigenvalue weighted by Gasteiger charge is 2.65. The normalized spacial score (nSPS) is 29.2. The number of fused-ring (bicyclic) bond motifs is 2. The van der Waals surface area contributed by atoms with Gasteiger partial charge in [0.15, 0.2) is 13.9 Å². The number of anilines is 2. The highest BCUT2D eigenvalue weighted by molar-refractivity contribution is 6.71. The number of nitrogens with one attached hydrogen (secondary N) is 2. The highest BCUT2D eigenvalue weighted by Crippen LogP contribution is 2.59. The molecule has 3 aliphatic rings. The molecule has 2 amide bonds. The van der Waals surface area contributed by atoms with Crippen LogP contribution < -0.4 is 15.5 Å². The van der Waals surface area contributed by atoms with Crippen LogP contribution in [0, 0.1) is 5.92 Å². The van der Waals surface area contributed by atoms with Crippen molar-refractivity contribution >= 4 is 31.5 Å². The Kier molecular flexibility index (Phi) is 7.01. The smallest absolute Gasteiger partial charge is 0.264 e. The fourth-order valence-electron chi connectivity index (χ4n) is 6.60. The second-order valence-corrected chi connectivity index (χ2v) is 15.1. The molecular formula is C28H37N3O5Si. The van der Waals surface area contributed by atoms with Crippen LogP contribution in [0.25, 0.3) is 0 Å². The molecule has 2 aromatic rings. The van der Waals surface area contributed by atoms with Crippen LogP contribution in [0.15, 0.2) is 48.5 Å². The summed E-state index contributed by atoms with van der Waals surface area (Å²) in [5.41, 5.74) is 1.92. The number of amides is 2. The highest BCUT2D eigenvalue weighted by atomic mass is 28.4. The van der Waals surface area contributed by atoms with Crippen molar-refractivity contribution in [2.45, 2.75) is 69.1 Å². The molecule has 2 aromatic carbocycles. The van der Waals surface area contributed by atoms with E-state index >= 15 is 0 Å². The van der Waals surface area contributed by atoms with E-state index in [9.17, 15) is 19.5 Å². The maximum atomic E-state index is 14.2. The van der Waals surface area contributed by atoms with Crippen LogP contribution in [-0.4, -0.2) is 55.3 Å². The van der Waals surface area contributed by atoms with E-state index in [0.717, 1.165) is 41.9 Å². The number of aliphatic hydroxyl groups is 1. The molecule has 0 aliphatic carbocycles. The summed E-state index contributed by atoms with van der Waals surface area (Å²) in [6.07, 6.45) is 1.85. The van der Waals surface area contributed by atoms with Gasteiger partial charge in [-0.2, -0.15) is 0 Å². The monoisotopic (exact) mass is 523 g/mol. The molecule has 8 nitrogen and oxygen atoms in total. The molecule has 198 valence electrons. The van der Waals surface area contributed by atoms with E-state index in [1.165, 1.54) is 0 Å². The topological polar surface area (TPSA) is 111 Å². The van der Waals surface area contributed by atoms with Gasteiger partial charge in [0.1, 0.15) is 0 Å². The summed E-state index contributed by atoms with van der Waals surface area (Å²) in [7, 11) is -2.70. The molecule has 4 N–H and O–H groups in total. The summed E-state index contributed by atoms with van der Waals surface area (Å²) in [5.74, 6) is -0.392. The summed E-state index contributed by atoms with van der Waals surface area (Å²) in [4.78, 5) is 39.5. The first-order chi connectivity index (χ1) is 17.7. The first kappa shape index (κ1) is 26.1. The first-order valence-corrected chi connectivity index (χ1v) is 16.2. The number of aliphatic hydroxyl groups excluding tert-OH is 1. The van der Waals surface area contributed by atoms with Gasteiger partial charge in [0.2, 0.25) is 5.91 Å². The van der Waals surface area contributed by atoms with E-state index in [1.54, 1.807) is 4.90 Å². The molecule has 3 heterocycles. The number of carbonyl (C=O) groups is 2. The third kappa shape index (κ3) is 4.53. The van der Waals surface area contributed by atoms with Gasteiger partial charge in [-0.1, -0.05) is 37.3 Å². The zero-order chi connectivity index (χ0) is 26.4. The second-order valence-electron chi connectivity index (χ2n) is 11.1. The van der Waals surface area contributed by atoms with Crippen molar-refractivity contribution in [3.63, 3.8) is 0 Å².